The van der Waals surface area contributed by atoms with Gasteiger partial charge in [-0.1, -0.05) is 75.4 Å². The molecule has 0 N–H and O–H groups in total. The molecular weight excluding hydrogens is 376 g/mol. The minimum absolute atomic E-state index is 0.0449. The molecule has 0 bridgehead atoms. The largest absolute Gasteiger partial charge is 0.490 e. The maximum absolute atomic E-state index is 11.4. The van der Waals surface area contributed by atoms with E-state index in [9.17, 15) is 4.79 Å². The SMILES string of the molecule is CCCCCCCCc1ccc(-c2ccc(OCC(C)OC(=O)COC)cc2)cc1. The predicted molar refractivity (Wildman–Crippen MR) is 122 cm³/mol. The molecule has 0 radical (unpaired) electrons. The number of unbranched alkanes of at least 4 members (excludes halogenated alkanes) is 5. The molecule has 0 spiro atoms. The van der Waals surface area contributed by atoms with Crippen LogP contribution in [0.3, 0.4) is 0 Å². The van der Waals surface area contributed by atoms with E-state index in [-0.39, 0.29) is 18.7 Å². The van der Waals surface area contributed by atoms with E-state index in [1.807, 2.05) is 12.1 Å². The van der Waals surface area contributed by atoms with Gasteiger partial charge in [0.2, 0.25) is 0 Å². The normalized spacial score (nSPS) is 11.8. The van der Waals surface area contributed by atoms with Crippen molar-refractivity contribution in [1.29, 1.82) is 0 Å². The minimum Gasteiger partial charge on any atom is -0.490 e. The predicted octanol–water partition coefficient (Wildman–Crippen LogP) is 6.21. The van der Waals surface area contributed by atoms with Gasteiger partial charge in [-0.3, -0.25) is 0 Å². The lowest BCUT2D eigenvalue weighted by molar-refractivity contribution is -0.153. The average Bonchev–Trinajstić information content (AvgIpc) is 2.76. The van der Waals surface area contributed by atoms with Crippen molar-refractivity contribution < 1.29 is 19.0 Å². The summed E-state index contributed by atoms with van der Waals surface area (Å²) in [5.41, 5.74) is 3.77. The highest BCUT2D eigenvalue weighted by Crippen LogP contribution is 2.23. The van der Waals surface area contributed by atoms with Gasteiger partial charge in [-0.25, -0.2) is 4.79 Å². The van der Waals surface area contributed by atoms with Crippen LogP contribution in [-0.2, 0) is 20.7 Å². The van der Waals surface area contributed by atoms with E-state index in [2.05, 4.69) is 43.3 Å². The first-order valence-electron chi connectivity index (χ1n) is 11.1. The van der Waals surface area contributed by atoms with Crippen LogP contribution in [-0.4, -0.2) is 32.4 Å². The first kappa shape index (κ1) is 23.9. The van der Waals surface area contributed by atoms with Crippen molar-refractivity contribution in [3.8, 4) is 16.9 Å². The molecule has 2 aromatic carbocycles. The Balaban J connectivity index is 1.76. The lowest BCUT2D eigenvalue weighted by Gasteiger charge is -2.14. The Morgan fingerprint density at radius 1 is 0.867 bits per heavy atom. The number of rotatable bonds is 14. The average molecular weight is 413 g/mol. The van der Waals surface area contributed by atoms with Crippen molar-refractivity contribution in [2.45, 2.75) is 64.9 Å². The number of aryl methyl sites for hydroxylation is 1. The van der Waals surface area contributed by atoms with Gasteiger partial charge in [-0.05, 0) is 48.6 Å². The summed E-state index contributed by atoms with van der Waals surface area (Å²) in [7, 11) is 1.47. The summed E-state index contributed by atoms with van der Waals surface area (Å²) in [6.45, 7) is 4.32. The molecule has 0 amide bonds. The zero-order valence-corrected chi connectivity index (χ0v) is 18.7. The molecule has 2 rings (SSSR count). The van der Waals surface area contributed by atoms with Gasteiger partial charge in [0.15, 0.2) is 0 Å². The molecule has 164 valence electrons. The van der Waals surface area contributed by atoms with Crippen LogP contribution in [0.1, 0.15) is 57.9 Å². The van der Waals surface area contributed by atoms with E-state index in [0.717, 1.165) is 17.7 Å². The summed E-state index contributed by atoms with van der Waals surface area (Å²) in [5, 5.41) is 0. The number of hydrogen-bond acceptors (Lipinski definition) is 4. The van der Waals surface area contributed by atoms with E-state index in [0.29, 0.717) is 6.61 Å². The van der Waals surface area contributed by atoms with E-state index >= 15 is 0 Å². The van der Waals surface area contributed by atoms with Gasteiger partial charge in [-0.15, -0.1) is 0 Å². The molecule has 1 atom stereocenters. The zero-order valence-electron chi connectivity index (χ0n) is 18.7. The van der Waals surface area contributed by atoms with Crippen LogP contribution in [0.15, 0.2) is 48.5 Å². The number of carbonyl (C=O) groups is 1. The first-order chi connectivity index (χ1) is 14.6. The Hall–Kier alpha value is -2.33. The number of esters is 1. The first-order valence-corrected chi connectivity index (χ1v) is 11.1. The lowest BCUT2D eigenvalue weighted by Crippen LogP contribution is -2.24. The minimum atomic E-state index is -0.385. The van der Waals surface area contributed by atoms with Gasteiger partial charge >= 0.3 is 5.97 Å². The fourth-order valence-electron chi connectivity index (χ4n) is 3.34. The smallest absolute Gasteiger partial charge is 0.332 e. The molecule has 30 heavy (non-hydrogen) atoms. The van der Waals surface area contributed by atoms with Gasteiger partial charge in [0.05, 0.1) is 0 Å². The number of hydrogen-bond donors (Lipinski definition) is 0. The van der Waals surface area contributed by atoms with Crippen LogP contribution in [0.25, 0.3) is 11.1 Å². The third kappa shape index (κ3) is 9.00. The molecule has 0 aliphatic heterocycles. The Morgan fingerprint density at radius 3 is 2.10 bits per heavy atom. The third-order valence-electron chi connectivity index (χ3n) is 5.04. The van der Waals surface area contributed by atoms with Gasteiger partial charge < -0.3 is 14.2 Å². The van der Waals surface area contributed by atoms with Crippen LogP contribution in [0.2, 0.25) is 0 Å². The van der Waals surface area contributed by atoms with Crippen molar-refractivity contribution >= 4 is 5.97 Å². The molecular formula is C26H36O4. The molecule has 0 heterocycles. The number of methoxy groups -OCH3 is 1. The Bertz CT molecular complexity index is 722. The summed E-state index contributed by atoms with van der Waals surface area (Å²) in [4.78, 5) is 11.4. The molecule has 0 saturated carbocycles. The summed E-state index contributed by atoms with van der Waals surface area (Å²) in [6.07, 6.45) is 8.82. The highest BCUT2D eigenvalue weighted by Gasteiger charge is 2.10. The van der Waals surface area contributed by atoms with Gasteiger partial charge in [0.1, 0.15) is 25.1 Å². The van der Waals surface area contributed by atoms with Gasteiger partial charge in [0.25, 0.3) is 0 Å². The number of carbonyl (C=O) groups excluding carboxylic acids is 1. The second-order valence-corrected chi connectivity index (χ2v) is 7.78. The highest BCUT2D eigenvalue weighted by molar-refractivity contribution is 5.70. The molecule has 0 aromatic heterocycles. The fraction of sp³-hybridized carbons (Fsp3) is 0.500. The molecule has 0 fully saturated rings. The molecule has 1 unspecified atom stereocenters. The summed E-state index contributed by atoms with van der Waals surface area (Å²) >= 11 is 0. The van der Waals surface area contributed by atoms with Gasteiger partial charge in [0, 0.05) is 7.11 Å². The van der Waals surface area contributed by atoms with Crippen molar-refractivity contribution in [3.63, 3.8) is 0 Å². The Labute approximate surface area is 181 Å². The van der Waals surface area contributed by atoms with Crippen LogP contribution < -0.4 is 4.74 Å². The van der Waals surface area contributed by atoms with Crippen molar-refractivity contribution in [2.24, 2.45) is 0 Å². The molecule has 0 saturated heterocycles. The van der Waals surface area contributed by atoms with E-state index < -0.39 is 0 Å². The molecule has 0 aliphatic carbocycles. The Morgan fingerprint density at radius 2 is 1.47 bits per heavy atom. The molecule has 4 heteroatoms. The van der Waals surface area contributed by atoms with Crippen molar-refractivity contribution in [2.75, 3.05) is 20.3 Å². The maximum Gasteiger partial charge on any atom is 0.332 e. The van der Waals surface area contributed by atoms with E-state index in [1.165, 1.54) is 56.8 Å². The van der Waals surface area contributed by atoms with E-state index in [4.69, 9.17) is 14.2 Å². The third-order valence-corrected chi connectivity index (χ3v) is 5.04. The topological polar surface area (TPSA) is 44.8 Å². The van der Waals surface area contributed by atoms with E-state index in [1.54, 1.807) is 6.92 Å². The van der Waals surface area contributed by atoms with Crippen LogP contribution in [0.4, 0.5) is 0 Å². The lowest BCUT2D eigenvalue weighted by atomic mass is 10.0. The molecule has 0 aliphatic rings. The number of benzene rings is 2. The van der Waals surface area contributed by atoms with Crippen molar-refractivity contribution in [3.05, 3.63) is 54.1 Å². The second kappa shape index (κ2) is 13.8. The highest BCUT2D eigenvalue weighted by atomic mass is 16.6. The van der Waals surface area contributed by atoms with Crippen LogP contribution >= 0.6 is 0 Å². The van der Waals surface area contributed by atoms with Gasteiger partial charge in [-0.2, -0.15) is 0 Å². The Kier molecular flexibility index (Phi) is 11.0. The van der Waals surface area contributed by atoms with Crippen LogP contribution in [0, 0.1) is 0 Å². The standard InChI is InChI=1S/C26H36O4/c1-4-5-6-7-8-9-10-22-11-13-23(14-12-22)24-15-17-25(18-16-24)29-19-21(2)30-26(27)20-28-3/h11-18,21H,4-10,19-20H2,1-3H3. The van der Waals surface area contributed by atoms with Crippen molar-refractivity contribution in [1.82, 2.24) is 0 Å². The maximum atomic E-state index is 11.4. The quantitative estimate of drug-likeness (QED) is 0.273. The summed E-state index contributed by atoms with van der Waals surface area (Å²) in [6, 6.07) is 16.9. The summed E-state index contributed by atoms with van der Waals surface area (Å²) in [5.74, 6) is 0.372. The molecule has 4 nitrogen and oxygen atoms in total. The fourth-order valence-corrected chi connectivity index (χ4v) is 3.34. The zero-order chi connectivity index (χ0) is 21.6. The monoisotopic (exact) mass is 412 g/mol. The molecule has 2 aromatic rings. The summed E-state index contributed by atoms with van der Waals surface area (Å²) < 4.78 is 15.6. The number of ether oxygens (including phenoxy) is 3. The second-order valence-electron chi connectivity index (χ2n) is 7.78. The van der Waals surface area contributed by atoms with Crippen LogP contribution in [0.5, 0.6) is 5.75 Å².